The minimum atomic E-state index is -0.284. The first kappa shape index (κ1) is 12.6. The average molecular weight is 247 g/mol. The fourth-order valence-electron chi connectivity index (χ4n) is 2.29. The topological polar surface area (TPSA) is 43.8 Å². The zero-order valence-corrected chi connectivity index (χ0v) is 11.2. The molecule has 1 heterocycles. The number of nitrogens with two attached hydrogens (primary N) is 1. The lowest BCUT2D eigenvalue weighted by Gasteiger charge is -2.10. The number of aryl methyl sites for hydroxylation is 2. The van der Waals surface area contributed by atoms with Crippen LogP contribution in [0.15, 0.2) is 12.1 Å². The van der Waals surface area contributed by atoms with Gasteiger partial charge in [0.15, 0.2) is 0 Å². The summed E-state index contributed by atoms with van der Waals surface area (Å²) in [5.41, 5.74) is 10.9. The van der Waals surface area contributed by atoms with Gasteiger partial charge in [0.1, 0.15) is 5.82 Å². The van der Waals surface area contributed by atoms with Gasteiger partial charge in [0, 0.05) is 5.69 Å². The third kappa shape index (κ3) is 1.88. The maximum absolute atomic E-state index is 13.4. The molecule has 2 N–H and O–H groups in total. The molecule has 3 nitrogen and oxygen atoms in total. The predicted octanol–water partition coefficient (Wildman–Crippen LogP) is 3.08. The van der Waals surface area contributed by atoms with E-state index in [0.717, 1.165) is 23.5 Å². The lowest BCUT2D eigenvalue weighted by molar-refractivity contribution is 0.618. The molecule has 96 valence electrons. The van der Waals surface area contributed by atoms with Gasteiger partial charge in [-0.3, -0.25) is 0 Å². The number of nitrogens with zero attached hydrogens (tertiary/aromatic N) is 2. The van der Waals surface area contributed by atoms with Gasteiger partial charge in [-0.1, -0.05) is 6.92 Å². The lowest BCUT2D eigenvalue weighted by Crippen LogP contribution is -2.05. The van der Waals surface area contributed by atoms with E-state index in [1.807, 2.05) is 13.8 Å². The molecule has 18 heavy (non-hydrogen) atoms. The largest absolute Gasteiger partial charge is 0.397 e. The van der Waals surface area contributed by atoms with Gasteiger partial charge in [0.05, 0.1) is 17.1 Å². The maximum Gasteiger partial charge on any atom is 0.128 e. The monoisotopic (exact) mass is 247 g/mol. The molecule has 1 aromatic heterocycles. The summed E-state index contributed by atoms with van der Waals surface area (Å²) in [6, 6.07) is 3.09. The Morgan fingerprint density at radius 2 is 1.94 bits per heavy atom. The van der Waals surface area contributed by atoms with Crippen molar-refractivity contribution in [2.24, 2.45) is 0 Å². The van der Waals surface area contributed by atoms with Crippen LogP contribution in [0.3, 0.4) is 0 Å². The van der Waals surface area contributed by atoms with Crippen LogP contribution in [0.1, 0.15) is 29.4 Å². The zero-order valence-electron chi connectivity index (χ0n) is 11.2. The first-order valence-corrected chi connectivity index (χ1v) is 6.06. The highest BCUT2D eigenvalue weighted by Crippen LogP contribution is 2.25. The molecule has 1 aromatic carbocycles. The molecule has 2 rings (SSSR count). The van der Waals surface area contributed by atoms with E-state index in [9.17, 15) is 4.39 Å². The van der Waals surface area contributed by atoms with Crippen LogP contribution in [0.4, 0.5) is 10.1 Å². The molecule has 0 atom stereocenters. The van der Waals surface area contributed by atoms with E-state index < -0.39 is 0 Å². The van der Waals surface area contributed by atoms with E-state index in [1.165, 1.54) is 11.6 Å². The van der Waals surface area contributed by atoms with E-state index in [2.05, 4.69) is 12.0 Å². The normalized spacial score (nSPS) is 10.9. The molecule has 0 radical (unpaired) electrons. The van der Waals surface area contributed by atoms with E-state index in [1.54, 1.807) is 17.7 Å². The Bertz CT molecular complexity index is 600. The van der Waals surface area contributed by atoms with Crippen LogP contribution in [-0.2, 0) is 6.42 Å². The summed E-state index contributed by atoms with van der Waals surface area (Å²) in [5, 5.41) is 4.50. The van der Waals surface area contributed by atoms with Gasteiger partial charge in [-0.05, 0) is 50.5 Å². The van der Waals surface area contributed by atoms with Crippen LogP contribution >= 0.6 is 0 Å². The average Bonchev–Trinajstić information content (AvgIpc) is 2.59. The van der Waals surface area contributed by atoms with Gasteiger partial charge in [0.25, 0.3) is 0 Å². The van der Waals surface area contributed by atoms with Crippen LogP contribution in [0.5, 0.6) is 0 Å². The summed E-state index contributed by atoms with van der Waals surface area (Å²) < 4.78 is 15.2. The van der Waals surface area contributed by atoms with Crippen molar-refractivity contribution in [2.45, 2.75) is 34.1 Å². The van der Waals surface area contributed by atoms with Gasteiger partial charge >= 0.3 is 0 Å². The lowest BCUT2D eigenvalue weighted by atomic mass is 10.1. The number of nitrogen functional groups attached to an aromatic ring is 1. The summed E-state index contributed by atoms with van der Waals surface area (Å²) >= 11 is 0. The minimum Gasteiger partial charge on any atom is -0.397 e. The molecule has 0 spiro atoms. The number of benzene rings is 1. The van der Waals surface area contributed by atoms with Crippen molar-refractivity contribution in [1.29, 1.82) is 0 Å². The molecule has 0 unspecified atom stereocenters. The van der Waals surface area contributed by atoms with Crippen LogP contribution in [-0.4, -0.2) is 9.78 Å². The molecular weight excluding hydrogens is 229 g/mol. The second-order valence-corrected chi connectivity index (χ2v) is 4.57. The minimum absolute atomic E-state index is 0.284. The highest BCUT2D eigenvalue weighted by atomic mass is 19.1. The number of aromatic nitrogens is 2. The number of anilines is 1. The number of halogens is 1. The van der Waals surface area contributed by atoms with Crippen LogP contribution < -0.4 is 5.73 Å². The third-order valence-electron chi connectivity index (χ3n) is 3.33. The molecule has 0 aliphatic rings. The maximum atomic E-state index is 13.4. The standard InChI is InChI=1S/C14H18FN3/c1-5-11-9(3)17-18(10(11)4)14-6-8(2)12(15)7-13(14)16/h6-7H,5,16H2,1-4H3. The first-order valence-electron chi connectivity index (χ1n) is 6.06. The van der Waals surface area contributed by atoms with Gasteiger partial charge in [-0.2, -0.15) is 5.10 Å². The van der Waals surface area contributed by atoms with Crippen molar-refractivity contribution < 1.29 is 4.39 Å². The molecule has 0 fully saturated rings. The molecule has 0 bridgehead atoms. The predicted molar refractivity (Wildman–Crippen MR) is 71.5 cm³/mol. The highest BCUT2D eigenvalue weighted by Gasteiger charge is 2.14. The second kappa shape index (κ2) is 4.44. The summed E-state index contributed by atoms with van der Waals surface area (Å²) in [6.45, 7) is 7.82. The number of hydrogen-bond acceptors (Lipinski definition) is 2. The zero-order chi connectivity index (χ0) is 13.4. The summed E-state index contributed by atoms with van der Waals surface area (Å²) in [7, 11) is 0. The van der Waals surface area contributed by atoms with Crippen molar-refractivity contribution in [1.82, 2.24) is 9.78 Å². The van der Waals surface area contributed by atoms with Crippen molar-refractivity contribution in [2.75, 3.05) is 5.73 Å². The quantitative estimate of drug-likeness (QED) is 0.829. The molecular formula is C14H18FN3. The summed E-state index contributed by atoms with van der Waals surface area (Å²) in [6.07, 6.45) is 0.928. The van der Waals surface area contributed by atoms with E-state index >= 15 is 0 Å². The highest BCUT2D eigenvalue weighted by molar-refractivity contribution is 5.60. The summed E-state index contributed by atoms with van der Waals surface area (Å²) in [5.74, 6) is -0.284. The Morgan fingerprint density at radius 3 is 2.50 bits per heavy atom. The van der Waals surface area contributed by atoms with Gasteiger partial charge in [0.2, 0.25) is 0 Å². The smallest absolute Gasteiger partial charge is 0.128 e. The molecule has 0 saturated carbocycles. The van der Waals surface area contributed by atoms with Crippen molar-refractivity contribution in [3.63, 3.8) is 0 Å². The molecule has 4 heteroatoms. The van der Waals surface area contributed by atoms with Gasteiger partial charge < -0.3 is 5.73 Å². The molecule has 2 aromatic rings. The van der Waals surface area contributed by atoms with E-state index in [0.29, 0.717) is 11.3 Å². The van der Waals surface area contributed by atoms with Crippen LogP contribution in [0, 0.1) is 26.6 Å². The summed E-state index contributed by atoms with van der Waals surface area (Å²) in [4.78, 5) is 0. The number of rotatable bonds is 2. The second-order valence-electron chi connectivity index (χ2n) is 4.57. The number of hydrogen-bond donors (Lipinski definition) is 1. The fraction of sp³-hybridized carbons (Fsp3) is 0.357. The van der Waals surface area contributed by atoms with Crippen LogP contribution in [0.25, 0.3) is 5.69 Å². The Kier molecular flexibility index (Phi) is 3.11. The van der Waals surface area contributed by atoms with Crippen molar-refractivity contribution in [3.8, 4) is 5.69 Å². The Morgan fingerprint density at radius 1 is 1.28 bits per heavy atom. The van der Waals surface area contributed by atoms with Crippen molar-refractivity contribution in [3.05, 3.63) is 40.5 Å². The third-order valence-corrected chi connectivity index (χ3v) is 3.33. The van der Waals surface area contributed by atoms with Gasteiger partial charge in [-0.15, -0.1) is 0 Å². The van der Waals surface area contributed by atoms with E-state index in [-0.39, 0.29) is 5.82 Å². The van der Waals surface area contributed by atoms with Crippen molar-refractivity contribution >= 4 is 5.69 Å². The molecule has 0 aliphatic heterocycles. The van der Waals surface area contributed by atoms with E-state index in [4.69, 9.17) is 5.73 Å². The van der Waals surface area contributed by atoms with Gasteiger partial charge in [-0.25, -0.2) is 9.07 Å². The van der Waals surface area contributed by atoms with Crippen LogP contribution in [0.2, 0.25) is 0 Å². The Hall–Kier alpha value is -1.84. The Balaban J connectivity index is 2.66. The SMILES string of the molecule is CCc1c(C)nn(-c2cc(C)c(F)cc2N)c1C. The first-order chi connectivity index (χ1) is 8.45. The molecule has 0 amide bonds. The Labute approximate surface area is 106 Å². The molecule has 0 saturated heterocycles. The fourth-order valence-corrected chi connectivity index (χ4v) is 2.29. The molecule has 0 aliphatic carbocycles.